The van der Waals surface area contributed by atoms with Crippen LogP contribution in [0.1, 0.15) is 29.6 Å². The van der Waals surface area contributed by atoms with Crippen molar-refractivity contribution < 1.29 is 9.90 Å². The fourth-order valence-electron chi connectivity index (χ4n) is 3.83. The van der Waals surface area contributed by atoms with Gasteiger partial charge in [-0.25, -0.2) is 4.79 Å². The summed E-state index contributed by atoms with van der Waals surface area (Å²) in [7, 11) is 2.22. The predicted octanol–water partition coefficient (Wildman–Crippen LogP) is 3.07. The van der Waals surface area contributed by atoms with E-state index >= 15 is 0 Å². The topological polar surface area (TPSA) is 43.8 Å². The third kappa shape index (κ3) is 2.94. The van der Waals surface area contributed by atoms with Gasteiger partial charge in [-0.15, -0.1) is 0 Å². The van der Waals surface area contributed by atoms with Gasteiger partial charge in [0.15, 0.2) is 0 Å². The number of halogens is 1. The number of likely N-dealkylation sites (tertiary alicyclic amines) is 1. The molecule has 21 heavy (non-hydrogen) atoms. The molecule has 1 aromatic rings. The van der Waals surface area contributed by atoms with Gasteiger partial charge >= 0.3 is 5.97 Å². The van der Waals surface area contributed by atoms with Gasteiger partial charge in [0, 0.05) is 23.6 Å². The van der Waals surface area contributed by atoms with Gasteiger partial charge in [0.25, 0.3) is 0 Å². The third-order valence-electron chi connectivity index (χ3n) is 4.88. The Balaban J connectivity index is 1.84. The van der Waals surface area contributed by atoms with Gasteiger partial charge in [-0.3, -0.25) is 0 Å². The van der Waals surface area contributed by atoms with E-state index in [1.807, 2.05) is 12.1 Å². The average molecular weight is 353 g/mol. The first-order chi connectivity index (χ1) is 10.1. The van der Waals surface area contributed by atoms with Crippen LogP contribution in [0.2, 0.25) is 0 Å². The Bertz CT molecular complexity index is 549. The second kappa shape index (κ2) is 5.97. The predicted molar refractivity (Wildman–Crippen MR) is 87.1 cm³/mol. The second-order valence-corrected chi connectivity index (χ2v) is 7.07. The lowest BCUT2D eigenvalue weighted by Gasteiger charge is -2.46. The van der Waals surface area contributed by atoms with Crippen molar-refractivity contribution in [1.29, 1.82) is 0 Å². The Morgan fingerprint density at radius 2 is 2.14 bits per heavy atom. The van der Waals surface area contributed by atoms with Crippen LogP contribution in [-0.4, -0.2) is 48.7 Å². The molecule has 2 aliphatic heterocycles. The molecule has 0 amide bonds. The monoisotopic (exact) mass is 352 g/mol. The average Bonchev–Trinajstić information content (AvgIpc) is 2.47. The van der Waals surface area contributed by atoms with Crippen LogP contribution in [0.25, 0.3) is 0 Å². The van der Waals surface area contributed by atoms with Gasteiger partial charge in [0.2, 0.25) is 0 Å². The molecule has 0 radical (unpaired) electrons. The Labute approximate surface area is 133 Å². The molecule has 2 aliphatic rings. The zero-order chi connectivity index (χ0) is 15.0. The van der Waals surface area contributed by atoms with Crippen LogP contribution in [0.3, 0.4) is 0 Å². The summed E-state index contributed by atoms with van der Waals surface area (Å²) in [6.45, 7) is 3.10. The Hall–Kier alpha value is -1.07. The van der Waals surface area contributed by atoms with E-state index in [1.165, 1.54) is 19.4 Å². The van der Waals surface area contributed by atoms with Crippen LogP contribution >= 0.6 is 15.9 Å². The molecule has 3 rings (SSSR count). The SMILES string of the molecule is CN1CCCC2CN(c3ccc(Br)cc3C(=O)O)CCC21. The highest BCUT2D eigenvalue weighted by Crippen LogP contribution is 2.34. The lowest BCUT2D eigenvalue weighted by atomic mass is 9.84. The molecule has 0 saturated carbocycles. The van der Waals surface area contributed by atoms with Crippen molar-refractivity contribution in [2.24, 2.45) is 5.92 Å². The van der Waals surface area contributed by atoms with E-state index < -0.39 is 5.97 Å². The lowest BCUT2D eigenvalue weighted by Crippen LogP contribution is -2.53. The van der Waals surface area contributed by atoms with E-state index in [-0.39, 0.29) is 0 Å². The summed E-state index contributed by atoms with van der Waals surface area (Å²) in [4.78, 5) is 16.2. The standard InChI is InChI=1S/C16H21BrN2O2/c1-18-7-2-3-11-10-19(8-6-14(11)18)15-5-4-12(17)9-13(15)16(20)21/h4-5,9,11,14H,2-3,6-8,10H2,1H3,(H,20,21). The van der Waals surface area contributed by atoms with Gasteiger partial charge in [0.05, 0.1) is 11.3 Å². The van der Waals surface area contributed by atoms with Gasteiger partial charge in [-0.1, -0.05) is 15.9 Å². The maximum atomic E-state index is 11.5. The van der Waals surface area contributed by atoms with Crippen LogP contribution < -0.4 is 4.90 Å². The minimum atomic E-state index is -0.853. The van der Waals surface area contributed by atoms with Crippen molar-refractivity contribution in [2.75, 3.05) is 31.6 Å². The Morgan fingerprint density at radius 3 is 2.90 bits per heavy atom. The van der Waals surface area contributed by atoms with E-state index in [0.29, 0.717) is 17.5 Å². The molecule has 2 unspecified atom stereocenters. The number of carbonyl (C=O) groups is 1. The third-order valence-corrected chi connectivity index (χ3v) is 5.37. The molecule has 4 nitrogen and oxygen atoms in total. The number of piperidine rings is 2. The number of carboxylic acids is 1. The summed E-state index contributed by atoms with van der Waals surface area (Å²) in [6.07, 6.45) is 3.62. The zero-order valence-electron chi connectivity index (χ0n) is 12.3. The highest BCUT2D eigenvalue weighted by molar-refractivity contribution is 9.10. The van der Waals surface area contributed by atoms with Crippen molar-refractivity contribution in [3.63, 3.8) is 0 Å². The molecule has 114 valence electrons. The molecule has 2 saturated heterocycles. The Kier molecular flexibility index (Phi) is 4.22. The fraction of sp³-hybridized carbons (Fsp3) is 0.562. The molecule has 5 heteroatoms. The summed E-state index contributed by atoms with van der Waals surface area (Å²) >= 11 is 3.36. The molecule has 2 heterocycles. The smallest absolute Gasteiger partial charge is 0.337 e. The molecule has 1 aromatic carbocycles. The van der Waals surface area contributed by atoms with Crippen molar-refractivity contribution in [2.45, 2.75) is 25.3 Å². The molecular weight excluding hydrogens is 332 g/mol. The normalized spacial score (nSPS) is 26.5. The van der Waals surface area contributed by atoms with Crippen LogP contribution in [0.5, 0.6) is 0 Å². The van der Waals surface area contributed by atoms with Gasteiger partial charge in [-0.05, 0) is 57.0 Å². The number of fused-ring (bicyclic) bond motifs is 1. The molecule has 0 spiro atoms. The van der Waals surface area contributed by atoms with E-state index in [2.05, 4.69) is 32.8 Å². The first kappa shape index (κ1) is 14.9. The number of anilines is 1. The minimum Gasteiger partial charge on any atom is -0.478 e. The van der Waals surface area contributed by atoms with Gasteiger partial charge in [0.1, 0.15) is 0 Å². The highest BCUT2D eigenvalue weighted by Gasteiger charge is 2.35. The number of benzene rings is 1. The largest absolute Gasteiger partial charge is 0.478 e. The summed E-state index contributed by atoms with van der Waals surface area (Å²) < 4.78 is 0.816. The summed E-state index contributed by atoms with van der Waals surface area (Å²) in [5.74, 6) is -0.197. The number of hydrogen-bond acceptors (Lipinski definition) is 3. The lowest BCUT2D eigenvalue weighted by molar-refractivity contribution is 0.0696. The number of rotatable bonds is 2. The number of nitrogens with zero attached hydrogens (tertiary/aromatic N) is 2. The molecule has 0 aromatic heterocycles. The molecule has 2 fully saturated rings. The van der Waals surface area contributed by atoms with E-state index in [9.17, 15) is 9.90 Å². The van der Waals surface area contributed by atoms with Crippen LogP contribution in [0.15, 0.2) is 22.7 Å². The summed E-state index contributed by atoms with van der Waals surface area (Å²) in [5.41, 5.74) is 1.25. The summed E-state index contributed by atoms with van der Waals surface area (Å²) in [5, 5.41) is 9.44. The quantitative estimate of drug-likeness (QED) is 0.888. The van der Waals surface area contributed by atoms with E-state index in [1.54, 1.807) is 6.07 Å². The molecular formula is C16H21BrN2O2. The zero-order valence-corrected chi connectivity index (χ0v) is 13.8. The molecule has 2 atom stereocenters. The maximum absolute atomic E-state index is 11.5. The fourth-order valence-corrected chi connectivity index (χ4v) is 4.19. The van der Waals surface area contributed by atoms with Crippen molar-refractivity contribution in [3.05, 3.63) is 28.2 Å². The Morgan fingerprint density at radius 1 is 1.33 bits per heavy atom. The minimum absolute atomic E-state index is 0.395. The van der Waals surface area contributed by atoms with Crippen LogP contribution in [0, 0.1) is 5.92 Å². The van der Waals surface area contributed by atoms with Crippen molar-refractivity contribution in [1.82, 2.24) is 4.90 Å². The highest BCUT2D eigenvalue weighted by atomic mass is 79.9. The van der Waals surface area contributed by atoms with Crippen LogP contribution in [0.4, 0.5) is 5.69 Å². The van der Waals surface area contributed by atoms with Crippen molar-refractivity contribution >= 4 is 27.6 Å². The molecule has 0 aliphatic carbocycles. The number of carboxylic acid groups (broad SMARTS) is 1. The summed E-state index contributed by atoms with van der Waals surface area (Å²) in [6, 6.07) is 6.23. The first-order valence-electron chi connectivity index (χ1n) is 7.54. The molecule has 0 bridgehead atoms. The maximum Gasteiger partial charge on any atom is 0.337 e. The molecule has 1 N–H and O–H groups in total. The van der Waals surface area contributed by atoms with Gasteiger partial charge in [-0.2, -0.15) is 0 Å². The number of hydrogen-bond donors (Lipinski definition) is 1. The number of aromatic carboxylic acids is 1. The first-order valence-corrected chi connectivity index (χ1v) is 8.33. The van der Waals surface area contributed by atoms with E-state index in [4.69, 9.17) is 0 Å². The van der Waals surface area contributed by atoms with E-state index in [0.717, 1.165) is 29.7 Å². The van der Waals surface area contributed by atoms with Crippen LogP contribution in [-0.2, 0) is 0 Å². The second-order valence-electron chi connectivity index (χ2n) is 6.15. The van der Waals surface area contributed by atoms with Gasteiger partial charge < -0.3 is 14.9 Å². The van der Waals surface area contributed by atoms with Crippen molar-refractivity contribution in [3.8, 4) is 0 Å².